The third-order valence-corrected chi connectivity index (χ3v) is 4.73. The molecule has 0 amide bonds. The Balaban J connectivity index is 2.35. The zero-order chi connectivity index (χ0) is 14.9. The lowest BCUT2D eigenvalue weighted by Gasteiger charge is -2.08. The number of benzene rings is 1. The lowest BCUT2D eigenvalue weighted by Crippen LogP contribution is -2.15. The van der Waals surface area contributed by atoms with E-state index >= 15 is 0 Å². The molecule has 1 heterocycles. The number of nitrogen functional groups attached to an aromatic ring is 1. The van der Waals surface area contributed by atoms with Crippen LogP contribution in [0.4, 0.5) is 11.5 Å². The van der Waals surface area contributed by atoms with Crippen LogP contribution in [0.15, 0.2) is 29.2 Å². The van der Waals surface area contributed by atoms with Crippen molar-refractivity contribution in [2.75, 3.05) is 10.5 Å². The maximum atomic E-state index is 12.4. The summed E-state index contributed by atoms with van der Waals surface area (Å²) in [5.74, 6) is 0.00248. The Morgan fingerprint density at radius 3 is 2.35 bits per heavy atom. The molecule has 7 heteroatoms. The van der Waals surface area contributed by atoms with E-state index in [1.165, 1.54) is 4.68 Å². The topological polar surface area (TPSA) is 90.0 Å². The van der Waals surface area contributed by atoms with Gasteiger partial charge in [-0.1, -0.05) is 19.1 Å². The lowest BCUT2D eigenvalue weighted by molar-refractivity contribution is 0.600. The molecule has 2 aromatic rings. The van der Waals surface area contributed by atoms with E-state index in [2.05, 4.69) is 9.82 Å². The number of aryl methyl sites for hydroxylation is 2. The summed E-state index contributed by atoms with van der Waals surface area (Å²) >= 11 is 0. The predicted molar refractivity (Wildman–Crippen MR) is 79.0 cm³/mol. The normalized spacial score (nSPS) is 11.6. The number of rotatable bonds is 4. The molecule has 0 atom stereocenters. The first kappa shape index (κ1) is 14.4. The van der Waals surface area contributed by atoms with Crippen molar-refractivity contribution in [1.29, 1.82) is 0 Å². The summed E-state index contributed by atoms with van der Waals surface area (Å²) in [6.07, 6.45) is 0.904. The second kappa shape index (κ2) is 5.16. The van der Waals surface area contributed by atoms with Crippen LogP contribution in [-0.2, 0) is 23.5 Å². The Labute approximate surface area is 118 Å². The van der Waals surface area contributed by atoms with Crippen molar-refractivity contribution >= 4 is 21.5 Å². The standard InChI is InChI=1S/C13H18N4O2S/c1-4-10-5-7-11(8-6-10)16-20(18,19)12-9(2)17(3)15-13(12)14/h5-8,16H,4H2,1-3H3,(H2,14,15). The monoisotopic (exact) mass is 294 g/mol. The molecule has 0 bridgehead atoms. The zero-order valence-electron chi connectivity index (χ0n) is 11.7. The Kier molecular flexibility index (Phi) is 3.71. The predicted octanol–water partition coefficient (Wildman–Crippen LogP) is 1.67. The number of hydrogen-bond acceptors (Lipinski definition) is 4. The minimum Gasteiger partial charge on any atom is -0.381 e. The van der Waals surface area contributed by atoms with Gasteiger partial charge in [0, 0.05) is 12.7 Å². The van der Waals surface area contributed by atoms with Crippen molar-refractivity contribution < 1.29 is 8.42 Å². The van der Waals surface area contributed by atoms with Gasteiger partial charge >= 0.3 is 0 Å². The molecule has 0 aliphatic rings. The molecule has 1 aromatic heterocycles. The van der Waals surface area contributed by atoms with E-state index in [-0.39, 0.29) is 10.7 Å². The quantitative estimate of drug-likeness (QED) is 0.897. The third-order valence-electron chi connectivity index (χ3n) is 3.19. The second-order valence-electron chi connectivity index (χ2n) is 4.58. The third kappa shape index (κ3) is 2.62. The minimum absolute atomic E-state index is 0.00248. The first-order valence-corrected chi connectivity index (χ1v) is 7.74. The van der Waals surface area contributed by atoms with Crippen molar-refractivity contribution in [2.45, 2.75) is 25.2 Å². The maximum Gasteiger partial charge on any atom is 0.267 e. The smallest absolute Gasteiger partial charge is 0.267 e. The maximum absolute atomic E-state index is 12.4. The number of nitrogens with one attached hydrogen (secondary N) is 1. The van der Waals surface area contributed by atoms with E-state index in [4.69, 9.17) is 5.73 Å². The van der Waals surface area contributed by atoms with E-state index in [0.717, 1.165) is 12.0 Å². The number of sulfonamides is 1. The molecule has 0 aliphatic heterocycles. The summed E-state index contributed by atoms with van der Waals surface area (Å²) in [6, 6.07) is 7.24. The summed E-state index contributed by atoms with van der Waals surface area (Å²) in [7, 11) is -2.08. The molecule has 0 aliphatic carbocycles. The number of nitrogens with two attached hydrogens (primary N) is 1. The summed E-state index contributed by atoms with van der Waals surface area (Å²) in [4.78, 5) is 0.0274. The van der Waals surface area contributed by atoms with Crippen LogP contribution >= 0.6 is 0 Å². The highest BCUT2D eigenvalue weighted by Gasteiger charge is 2.24. The molecule has 20 heavy (non-hydrogen) atoms. The molecule has 6 nitrogen and oxygen atoms in total. The highest BCUT2D eigenvalue weighted by Crippen LogP contribution is 2.24. The minimum atomic E-state index is -3.73. The Hall–Kier alpha value is -2.02. The number of hydrogen-bond donors (Lipinski definition) is 2. The van der Waals surface area contributed by atoms with Crippen LogP contribution < -0.4 is 10.5 Å². The Morgan fingerprint density at radius 2 is 1.90 bits per heavy atom. The zero-order valence-corrected chi connectivity index (χ0v) is 12.5. The van der Waals surface area contributed by atoms with Crippen molar-refractivity contribution in [1.82, 2.24) is 9.78 Å². The molecule has 0 unspecified atom stereocenters. The average molecular weight is 294 g/mol. The van der Waals surface area contributed by atoms with Gasteiger partial charge in [-0.2, -0.15) is 5.10 Å². The van der Waals surface area contributed by atoms with Crippen LogP contribution in [0.2, 0.25) is 0 Å². The van der Waals surface area contributed by atoms with E-state index < -0.39 is 10.0 Å². The Morgan fingerprint density at radius 1 is 1.30 bits per heavy atom. The lowest BCUT2D eigenvalue weighted by atomic mass is 10.2. The van der Waals surface area contributed by atoms with Crippen molar-refractivity contribution in [3.63, 3.8) is 0 Å². The van der Waals surface area contributed by atoms with Gasteiger partial charge in [-0.25, -0.2) is 8.42 Å². The molecule has 0 saturated heterocycles. The van der Waals surface area contributed by atoms with E-state index in [1.807, 2.05) is 19.1 Å². The highest BCUT2D eigenvalue weighted by atomic mass is 32.2. The Bertz CT molecular complexity index is 718. The van der Waals surface area contributed by atoms with Crippen LogP contribution in [0.1, 0.15) is 18.2 Å². The summed E-state index contributed by atoms with van der Waals surface area (Å²) < 4.78 is 28.7. The van der Waals surface area contributed by atoms with Gasteiger partial charge in [-0.15, -0.1) is 0 Å². The van der Waals surface area contributed by atoms with Gasteiger partial charge in [-0.3, -0.25) is 9.40 Å². The first-order valence-electron chi connectivity index (χ1n) is 6.26. The van der Waals surface area contributed by atoms with Crippen LogP contribution in [0.3, 0.4) is 0 Å². The SMILES string of the molecule is CCc1ccc(NS(=O)(=O)c2c(N)nn(C)c2C)cc1. The number of nitrogens with zero attached hydrogens (tertiary/aromatic N) is 2. The molecular weight excluding hydrogens is 276 g/mol. The second-order valence-corrected chi connectivity index (χ2v) is 6.20. The average Bonchev–Trinajstić information content (AvgIpc) is 2.64. The van der Waals surface area contributed by atoms with Crippen molar-refractivity contribution in [3.8, 4) is 0 Å². The first-order chi connectivity index (χ1) is 9.35. The highest BCUT2D eigenvalue weighted by molar-refractivity contribution is 7.93. The fourth-order valence-electron chi connectivity index (χ4n) is 1.96. The molecule has 1 aromatic carbocycles. The summed E-state index contributed by atoms with van der Waals surface area (Å²) in [6.45, 7) is 3.71. The molecule has 0 saturated carbocycles. The van der Waals surface area contributed by atoms with Gasteiger partial charge in [0.1, 0.15) is 0 Å². The summed E-state index contributed by atoms with van der Waals surface area (Å²) in [5, 5.41) is 3.92. The van der Waals surface area contributed by atoms with E-state index in [9.17, 15) is 8.42 Å². The molecule has 108 valence electrons. The largest absolute Gasteiger partial charge is 0.381 e. The molecule has 0 spiro atoms. The fourth-order valence-corrected chi connectivity index (χ4v) is 3.35. The van der Waals surface area contributed by atoms with Gasteiger partial charge < -0.3 is 5.73 Å². The van der Waals surface area contributed by atoms with Gasteiger partial charge in [-0.05, 0) is 31.0 Å². The van der Waals surface area contributed by atoms with Crippen molar-refractivity contribution in [2.24, 2.45) is 7.05 Å². The van der Waals surface area contributed by atoms with Crippen LogP contribution in [0.25, 0.3) is 0 Å². The molecule has 0 fully saturated rings. The van der Waals surface area contributed by atoms with Gasteiger partial charge in [0.2, 0.25) is 0 Å². The van der Waals surface area contributed by atoms with E-state index in [1.54, 1.807) is 26.1 Å². The van der Waals surface area contributed by atoms with Gasteiger partial charge in [0.25, 0.3) is 10.0 Å². The number of anilines is 2. The molecule has 3 N–H and O–H groups in total. The molecule has 2 rings (SSSR count). The number of aromatic nitrogens is 2. The van der Waals surface area contributed by atoms with Gasteiger partial charge in [0.15, 0.2) is 10.7 Å². The fraction of sp³-hybridized carbons (Fsp3) is 0.308. The van der Waals surface area contributed by atoms with Gasteiger partial charge in [0.05, 0.1) is 5.69 Å². The van der Waals surface area contributed by atoms with Crippen LogP contribution in [0.5, 0.6) is 0 Å². The van der Waals surface area contributed by atoms with Crippen LogP contribution in [-0.4, -0.2) is 18.2 Å². The summed E-state index contributed by atoms with van der Waals surface area (Å²) in [5.41, 5.74) is 7.82. The molecule has 0 radical (unpaired) electrons. The van der Waals surface area contributed by atoms with E-state index in [0.29, 0.717) is 11.4 Å². The van der Waals surface area contributed by atoms with Crippen molar-refractivity contribution in [3.05, 3.63) is 35.5 Å². The van der Waals surface area contributed by atoms with Crippen LogP contribution in [0, 0.1) is 6.92 Å². The molecular formula is C13H18N4O2S.